The number of carbonyl (C=O) groups is 3. The molecule has 176 valence electrons. The molecule has 0 bridgehead atoms. The number of hydrogen-bond donors (Lipinski definition) is 1. The average Bonchev–Trinajstić information content (AvgIpc) is 3.44. The second kappa shape index (κ2) is 10.5. The zero-order valence-electron chi connectivity index (χ0n) is 19.2. The largest absolute Gasteiger partial charge is 0.343 e. The van der Waals surface area contributed by atoms with E-state index in [2.05, 4.69) is 16.4 Å². The van der Waals surface area contributed by atoms with Crippen molar-refractivity contribution in [1.29, 1.82) is 0 Å². The molecule has 2 aliphatic rings. The molecule has 33 heavy (non-hydrogen) atoms. The highest BCUT2D eigenvalue weighted by molar-refractivity contribution is 7.09. The smallest absolute Gasteiger partial charge is 0.325 e. The van der Waals surface area contributed by atoms with Crippen molar-refractivity contribution in [2.24, 2.45) is 5.92 Å². The second-order valence-electron chi connectivity index (χ2n) is 8.91. The maximum atomic E-state index is 13.5. The SMILES string of the molecule is CCCC1(C2CCN(C(=O)CCc3cccs3)CC2)NC(=O)N(CCc2ccccn2)C1=O. The van der Waals surface area contributed by atoms with Gasteiger partial charge in [-0.05, 0) is 55.2 Å². The number of nitrogens with one attached hydrogen (secondary N) is 1. The van der Waals surface area contributed by atoms with Gasteiger partial charge >= 0.3 is 6.03 Å². The summed E-state index contributed by atoms with van der Waals surface area (Å²) in [6, 6.07) is 9.43. The Labute approximate surface area is 199 Å². The number of carbonyl (C=O) groups excluding carboxylic acids is 3. The number of rotatable bonds is 9. The van der Waals surface area contributed by atoms with Crippen molar-refractivity contribution in [1.82, 2.24) is 20.1 Å². The number of aryl methyl sites for hydroxylation is 1. The maximum Gasteiger partial charge on any atom is 0.325 e. The molecule has 0 aromatic carbocycles. The lowest BCUT2D eigenvalue weighted by molar-refractivity contribution is -0.136. The summed E-state index contributed by atoms with van der Waals surface area (Å²) < 4.78 is 0. The van der Waals surface area contributed by atoms with Gasteiger partial charge in [0.1, 0.15) is 5.54 Å². The number of piperidine rings is 1. The van der Waals surface area contributed by atoms with Crippen LogP contribution in [-0.2, 0) is 22.4 Å². The molecule has 2 aromatic rings. The molecule has 0 spiro atoms. The first-order valence-electron chi connectivity index (χ1n) is 11.9. The van der Waals surface area contributed by atoms with Gasteiger partial charge in [-0.3, -0.25) is 19.5 Å². The van der Waals surface area contributed by atoms with Crippen molar-refractivity contribution < 1.29 is 14.4 Å². The molecule has 0 saturated carbocycles. The van der Waals surface area contributed by atoms with Gasteiger partial charge in [0.25, 0.3) is 5.91 Å². The minimum atomic E-state index is -0.859. The molecule has 2 fully saturated rings. The number of likely N-dealkylation sites (tertiary alicyclic amines) is 1. The zero-order chi connectivity index (χ0) is 23.3. The first-order valence-corrected chi connectivity index (χ1v) is 12.8. The third-order valence-corrected chi connectivity index (χ3v) is 7.81. The highest BCUT2D eigenvalue weighted by Crippen LogP contribution is 2.37. The standard InChI is InChI=1S/C25H32N4O3S/c1-2-13-25(23(31)29(24(32)27-25)17-12-20-6-3-4-14-26-20)19-10-15-28(16-11-19)22(30)9-8-21-7-5-18-33-21/h3-7,14,18-19H,2,8-13,15-17H2,1H3,(H,27,32). The number of amides is 4. The number of thiophene rings is 1. The fourth-order valence-electron chi connectivity index (χ4n) is 5.13. The van der Waals surface area contributed by atoms with Crippen LogP contribution in [0.2, 0.25) is 0 Å². The molecule has 4 heterocycles. The van der Waals surface area contributed by atoms with Gasteiger partial charge in [-0.15, -0.1) is 11.3 Å². The minimum Gasteiger partial charge on any atom is -0.343 e. The van der Waals surface area contributed by atoms with Crippen LogP contribution in [0.1, 0.15) is 49.6 Å². The predicted octanol–water partition coefficient (Wildman–Crippen LogP) is 3.65. The monoisotopic (exact) mass is 468 g/mol. The molecule has 2 aliphatic heterocycles. The molecule has 0 radical (unpaired) electrons. The molecule has 4 amide bonds. The molecule has 2 saturated heterocycles. The molecular formula is C25H32N4O3S. The normalized spacial score (nSPS) is 21.5. The van der Waals surface area contributed by atoms with Gasteiger partial charge in [-0.25, -0.2) is 4.79 Å². The lowest BCUT2D eigenvalue weighted by atomic mass is 9.74. The Kier molecular flexibility index (Phi) is 7.42. The van der Waals surface area contributed by atoms with Gasteiger partial charge in [0, 0.05) is 49.2 Å². The summed E-state index contributed by atoms with van der Waals surface area (Å²) in [5.41, 5.74) is 0.00247. The van der Waals surface area contributed by atoms with E-state index >= 15 is 0 Å². The average molecular weight is 469 g/mol. The minimum absolute atomic E-state index is 0.0371. The maximum absolute atomic E-state index is 13.5. The third-order valence-electron chi connectivity index (χ3n) is 6.87. The molecule has 8 heteroatoms. The topological polar surface area (TPSA) is 82.6 Å². The van der Waals surface area contributed by atoms with Crippen LogP contribution in [-0.4, -0.2) is 57.8 Å². The Bertz CT molecular complexity index is 957. The van der Waals surface area contributed by atoms with Crippen LogP contribution in [0.4, 0.5) is 4.79 Å². The molecule has 1 unspecified atom stereocenters. The fourth-order valence-corrected chi connectivity index (χ4v) is 5.84. The summed E-state index contributed by atoms with van der Waals surface area (Å²) in [5.74, 6) is 0.0908. The van der Waals surface area contributed by atoms with Gasteiger partial charge in [0.05, 0.1) is 0 Å². The van der Waals surface area contributed by atoms with Crippen LogP contribution in [0.5, 0.6) is 0 Å². The van der Waals surface area contributed by atoms with Gasteiger partial charge in [0.2, 0.25) is 5.91 Å². The highest BCUT2D eigenvalue weighted by Gasteiger charge is 2.55. The van der Waals surface area contributed by atoms with E-state index in [1.54, 1.807) is 17.5 Å². The third kappa shape index (κ3) is 5.11. The van der Waals surface area contributed by atoms with Gasteiger partial charge in [-0.1, -0.05) is 25.5 Å². The van der Waals surface area contributed by atoms with E-state index in [-0.39, 0.29) is 23.8 Å². The lowest BCUT2D eigenvalue weighted by Crippen LogP contribution is -2.56. The molecule has 1 atom stereocenters. The van der Waals surface area contributed by atoms with E-state index in [0.29, 0.717) is 38.9 Å². The van der Waals surface area contributed by atoms with Crippen molar-refractivity contribution in [3.63, 3.8) is 0 Å². The van der Waals surface area contributed by atoms with Crippen molar-refractivity contribution in [2.75, 3.05) is 19.6 Å². The second-order valence-corrected chi connectivity index (χ2v) is 9.95. The molecule has 0 aliphatic carbocycles. The summed E-state index contributed by atoms with van der Waals surface area (Å²) in [7, 11) is 0. The van der Waals surface area contributed by atoms with Crippen LogP contribution < -0.4 is 5.32 Å². The quantitative estimate of drug-likeness (QED) is 0.570. The summed E-state index contributed by atoms with van der Waals surface area (Å²) >= 11 is 1.68. The van der Waals surface area contributed by atoms with Crippen LogP contribution in [0.25, 0.3) is 0 Å². The summed E-state index contributed by atoms with van der Waals surface area (Å²) in [5, 5.41) is 5.11. The molecular weight excluding hydrogens is 436 g/mol. The van der Waals surface area contributed by atoms with Crippen molar-refractivity contribution >= 4 is 29.2 Å². The van der Waals surface area contributed by atoms with E-state index in [0.717, 1.165) is 31.4 Å². The highest BCUT2D eigenvalue weighted by atomic mass is 32.1. The Balaban J connectivity index is 1.37. The van der Waals surface area contributed by atoms with Gasteiger partial charge < -0.3 is 10.2 Å². The Morgan fingerprint density at radius 1 is 1.18 bits per heavy atom. The number of pyridine rings is 1. The summed E-state index contributed by atoms with van der Waals surface area (Å²) in [6.07, 6.45) is 6.43. The number of aromatic nitrogens is 1. The Morgan fingerprint density at radius 3 is 2.67 bits per heavy atom. The van der Waals surface area contributed by atoms with E-state index in [1.807, 2.05) is 41.5 Å². The number of imide groups is 1. The van der Waals surface area contributed by atoms with Crippen molar-refractivity contribution in [2.45, 2.75) is 57.4 Å². The molecule has 4 rings (SSSR count). The van der Waals surface area contributed by atoms with Gasteiger partial charge in [0.15, 0.2) is 0 Å². The van der Waals surface area contributed by atoms with Crippen molar-refractivity contribution in [3.8, 4) is 0 Å². The van der Waals surface area contributed by atoms with E-state index in [1.165, 1.54) is 9.78 Å². The Hall–Kier alpha value is -2.74. The van der Waals surface area contributed by atoms with E-state index in [9.17, 15) is 14.4 Å². The first-order chi connectivity index (χ1) is 16.0. The predicted molar refractivity (Wildman–Crippen MR) is 128 cm³/mol. The lowest BCUT2D eigenvalue weighted by Gasteiger charge is -2.41. The van der Waals surface area contributed by atoms with E-state index in [4.69, 9.17) is 0 Å². The fraction of sp³-hybridized carbons (Fsp3) is 0.520. The van der Waals surface area contributed by atoms with Crippen LogP contribution in [0.15, 0.2) is 41.9 Å². The van der Waals surface area contributed by atoms with Crippen LogP contribution in [0.3, 0.4) is 0 Å². The number of nitrogens with zero attached hydrogens (tertiary/aromatic N) is 3. The van der Waals surface area contributed by atoms with E-state index < -0.39 is 5.54 Å². The summed E-state index contributed by atoms with van der Waals surface area (Å²) in [6.45, 7) is 3.64. The molecule has 7 nitrogen and oxygen atoms in total. The molecule has 2 aromatic heterocycles. The Morgan fingerprint density at radius 2 is 2.00 bits per heavy atom. The first kappa shape index (κ1) is 23.4. The van der Waals surface area contributed by atoms with Crippen LogP contribution in [0, 0.1) is 5.92 Å². The summed E-state index contributed by atoms with van der Waals surface area (Å²) in [4.78, 5) is 47.9. The molecule has 1 N–H and O–H groups in total. The number of hydrogen-bond acceptors (Lipinski definition) is 5. The van der Waals surface area contributed by atoms with Gasteiger partial charge in [-0.2, -0.15) is 0 Å². The zero-order valence-corrected chi connectivity index (χ0v) is 20.0. The van der Waals surface area contributed by atoms with Crippen LogP contribution >= 0.6 is 11.3 Å². The number of urea groups is 1. The van der Waals surface area contributed by atoms with Crippen molar-refractivity contribution in [3.05, 3.63) is 52.5 Å².